The van der Waals surface area contributed by atoms with Crippen molar-refractivity contribution in [2.45, 2.75) is 57.9 Å². The number of fused-ring (bicyclic) bond motifs is 2. The first-order chi connectivity index (χ1) is 18.3. The molecule has 2 aliphatic rings. The number of benzene rings is 1. The van der Waals surface area contributed by atoms with E-state index in [1.54, 1.807) is 60.1 Å². The zero-order valence-electron chi connectivity index (χ0n) is 21.7. The number of aromatic nitrogens is 2. The van der Waals surface area contributed by atoms with Gasteiger partial charge < -0.3 is 29.2 Å². The Balaban J connectivity index is 1.28. The Morgan fingerprint density at radius 1 is 1.21 bits per heavy atom. The standard InChI is InChI=1S/C28H30N4O6/c1-14-19(28(35)31-13-24(36-4)15(31)2)12-32-26(14)22(9-10-29-32)38-17-5-6-18-23(11-17)37-16(3)25(18)27(34)30-20-7-8-21(20)33/h5-6,9-12,15,20-21,24,33H,7-8,13H2,1-4H3,(H,30,34)/t15-,20+,21+,24-/m1/s1. The number of aryl methyl sites for hydroxylation is 2. The fourth-order valence-electron chi connectivity index (χ4n) is 5.35. The molecule has 3 aromatic heterocycles. The van der Waals surface area contributed by atoms with E-state index < -0.39 is 6.10 Å². The van der Waals surface area contributed by atoms with Gasteiger partial charge in [0.05, 0.1) is 41.6 Å². The van der Waals surface area contributed by atoms with Crippen molar-refractivity contribution in [2.75, 3.05) is 13.7 Å². The predicted octanol–water partition coefficient (Wildman–Crippen LogP) is 3.60. The number of carbonyl (C=O) groups excluding carboxylic acids is 2. The summed E-state index contributed by atoms with van der Waals surface area (Å²) in [5, 5.41) is 17.8. The Labute approximate surface area is 219 Å². The number of ether oxygens (including phenoxy) is 2. The molecular weight excluding hydrogens is 488 g/mol. The molecule has 10 nitrogen and oxygen atoms in total. The fraction of sp³-hybridized carbons (Fsp3) is 0.393. The monoisotopic (exact) mass is 518 g/mol. The third kappa shape index (κ3) is 3.83. The summed E-state index contributed by atoms with van der Waals surface area (Å²) < 4.78 is 19.2. The van der Waals surface area contributed by atoms with Gasteiger partial charge in [0.2, 0.25) is 0 Å². The Morgan fingerprint density at radius 2 is 2.03 bits per heavy atom. The average molecular weight is 519 g/mol. The summed E-state index contributed by atoms with van der Waals surface area (Å²) in [6, 6.07) is 6.85. The first kappa shape index (κ1) is 24.4. The van der Waals surface area contributed by atoms with Crippen LogP contribution in [0.15, 0.2) is 41.1 Å². The molecule has 10 heteroatoms. The Morgan fingerprint density at radius 3 is 2.71 bits per heavy atom. The van der Waals surface area contributed by atoms with Gasteiger partial charge in [0, 0.05) is 37.4 Å². The van der Waals surface area contributed by atoms with E-state index in [1.165, 1.54) is 0 Å². The van der Waals surface area contributed by atoms with Gasteiger partial charge in [0.1, 0.15) is 22.6 Å². The van der Waals surface area contributed by atoms with E-state index >= 15 is 0 Å². The lowest BCUT2D eigenvalue weighted by Crippen LogP contribution is -2.61. The minimum absolute atomic E-state index is 0.00725. The number of furan rings is 1. The van der Waals surface area contributed by atoms with Gasteiger partial charge in [-0.15, -0.1) is 0 Å². The van der Waals surface area contributed by atoms with E-state index in [-0.39, 0.29) is 30.0 Å². The molecule has 0 unspecified atom stereocenters. The Kier molecular flexibility index (Phi) is 5.88. The summed E-state index contributed by atoms with van der Waals surface area (Å²) in [6.07, 6.45) is 4.36. The Bertz CT molecular complexity index is 1570. The maximum absolute atomic E-state index is 13.2. The minimum Gasteiger partial charge on any atom is -0.460 e. The van der Waals surface area contributed by atoms with Crippen molar-refractivity contribution in [3.63, 3.8) is 0 Å². The van der Waals surface area contributed by atoms with Crippen molar-refractivity contribution >= 4 is 28.3 Å². The van der Waals surface area contributed by atoms with E-state index in [2.05, 4.69) is 10.4 Å². The summed E-state index contributed by atoms with van der Waals surface area (Å²) in [5.74, 6) is 1.24. The number of rotatable bonds is 6. The van der Waals surface area contributed by atoms with Crippen molar-refractivity contribution in [1.29, 1.82) is 0 Å². The topological polar surface area (TPSA) is 119 Å². The summed E-state index contributed by atoms with van der Waals surface area (Å²) in [5.41, 5.74) is 3.02. The third-order valence-electron chi connectivity index (χ3n) is 7.94. The van der Waals surface area contributed by atoms with Crippen LogP contribution in [0.2, 0.25) is 0 Å². The minimum atomic E-state index is -0.500. The molecule has 1 saturated heterocycles. The van der Waals surface area contributed by atoms with Crippen LogP contribution in [0.25, 0.3) is 16.5 Å². The highest BCUT2D eigenvalue weighted by molar-refractivity contribution is 6.07. The molecule has 198 valence electrons. The maximum Gasteiger partial charge on any atom is 0.256 e. The molecule has 4 aromatic rings. The zero-order valence-corrected chi connectivity index (χ0v) is 21.7. The molecule has 0 spiro atoms. The first-order valence-electron chi connectivity index (χ1n) is 12.8. The quantitative estimate of drug-likeness (QED) is 0.400. The SMILES string of the molecule is CO[C@@H]1CN(C(=O)c2cn3nccc(Oc4ccc5c(C(=O)N[C@H]6CC[C@@H]6O)c(C)oc5c4)c3c2C)[C@@H]1C. The second-order valence-electron chi connectivity index (χ2n) is 10.1. The van der Waals surface area contributed by atoms with Gasteiger partial charge in [0.25, 0.3) is 11.8 Å². The van der Waals surface area contributed by atoms with Gasteiger partial charge in [-0.3, -0.25) is 9.59 Å². The number of hydrogen-bond donors (Lipinski definition) is 2. The molecule has 6 rings (SSSR count). The number of hydrogen-bond acceptors (Lipinski definition) is 7. The molecule has 1 aliphatic carbocycles. The lowest BCUT2D eigenvalue weighted by molar-refractivity contribution is -0.0593. The van der Waals surface area contributed by atoms with Crippen LogP contribution in [-0.4, -0.2) is 69.4 Å². The fourth-order valence-corrected chi connectivity index (χ4v) is 5.35. The number of methoxy groups -OCH3 is 1. The average Bonchev–Trinajstić information content (AvgIpc) is 3.41. The number of carbonyl (C=O) groups is 2. The van der Waals surface area contributed by atoms with Gasteiger partial charge >= 0.3 is 0 Å². The first-order valence-corrected chi connectivity index (χ1v) is 12.8. The highest BCUT2D eigenvalue weighted by Gasteiger charge is 2.40. The predicted molar refractivity (Wildman–Crippen MR) is 139 cm³/mol. The van der Waals surface area contributed by atoms with E-state index in [4.69, 9.17) is 13.9 Å². The van der Waals surface area contributed by atoms with Crippen molar-refractivity contribution in [2.24, 2.45) is 0 Å². The van der Waals surface area contributed by atoms with E-state index in [9.17, 15) is 14.7 Å². The molecule has 4 atom stereocenters. The second kappa shape index (κ2) is 9.14. The molecule has 38 heavy (non-hydrogen) atoms. The van der Waals surface area contributed by atoms with Crippen molar-refractivity contribution in [1.82, 2.24) is 19.8 Å². The van der Waals surface area contributed by atoms with Crippen LogP contribution in [0.5, 0.6) is 11.5 Å². The van der Waals surface area contributed by atoms with Crippen LogP contribution in [0.3, 0.4) is 0 Å². The summed E-state index contributed by atoms with van der Waals surface area (Å²) >= 11 is 0. The highest BCUT2D eigenvalue weighted by Crippen LogP contribution is 2.35. The molecule has 0 bridgehead atoms. The van der Waals surface area contributed by atoms with Gasteiger partial charge in [-0.25, -0.2) is 4.52 Å². The number of amides is 2. The number of nitrogens with one attached hydrogen (secondary N) is 1. The molecule has 1 aromatic carbocycles. The molecule has 2 fully saturated rings. The highest BCUT2D eigenvalue weighted by atomic mass is 16.5. The van der Waals surface area contributed by atoms with Crippen LogP contribution in [0.1, 0.15) is 51.8 Å². The molecule has 4 heterocycles. The summed E-state index contributed by atoms with van der Waals surface area (Å²) in [7, 11) is 1.66. The molecule has 1 aliphatic heterocycles. The van der Waals surface area contributed by atoms with Gasteiger partial charge in [-0.1, -0.05) is 0 Å². The van der Waals surface area contributed by atoms with E-state index in [0.717, 1.165) is 12.0 Å². The maximum atomic E-state index is 13.2. The lowest BCUT2D eigenvalue weighted by Gasteiger charge is -2.45. The smallest absolute Gasteiger partial charge is 0.256 e. The van der Waals surface area contributed by atoms with Gasteiger partial charge in [0.15, 0.2) is 5.75 Å². The summed E-state index contributed by atoms with van der Waals surface area (Å²) in [4.78, 5) is 27.9. The number of nitrogens with zero attached hydrogens (tertiary/aromatic N) is 3. The van der Waals surface area contributed by atoms with Crippen molar-refractivity contribution in [3.8, 4) is 11.5 Å². The number of likely N-dealkylation sites (tertiary alicyclic amines) is 1. The largest absolute Gasteiger partial charge is 0.460 e. The lowest BCUT2D eigenvalue weighted by atomic mass is 9.89. The Hall–Kier alpha value is -3.89. The van der Waals surface area contributed by atoms with Crippen molar-refractivity contribution in [3.05, 3.63) is 59.1 Å². The normalized spacial score (nSPS) is 22.8. The molecule has 2 N–H and O–H groups in total. The van der Waals surface area contributed by atoms with E-state index in [1.807, 2.05) is 13.8 Å². The molecule has 2 amide bonds. The van der Waals surface area contributed by atoms with E-state index in [0.29, 0.717) is 57.8 Å². The molecule has 1 saturated carbocycles. The third-order valence-corrected chi connectivity index (χ3v) is 7.94. The van der Waals surface area contributed by atoms with Crippen LogP contribution >= 0.6 is 0 Å². The van der Waals surface area contributed by atoms with Gasteiger partial charge in [-0.2, -0.15) is 5.10 Å². The second-order valence-corrected chi connectivity index (χ2v) is 10.1. The van der Waals surface area contributed by atoms with Crippen molar-refractivity contribution < 1.29 is 28.6 Å². The molecule has 0 radical (unpaired) electrons. The molecular formula is C28H30N4O6. The van der Waals surface area contributed by atoms with Crippen LogP contribution in [0.4, 0.5) is 0 Å². The van der Waals surface area contributed by atoms with Crippen LogP contribution < -0.4 is 10.1 Å². The van der Waals surface area contributed by atoms with Gasteiger partial charge in [-0.05, 0) is 51.3 Å². The number of aliphatic hydroxyl groups is 1. The summed E-state index contributed by atoms with van der Waals surface area (Å²) in [6.45, 7) is 6.17. The number of aliphatic hydroxyl groups excluding tert-OH is 1. The van der Waals surface area contributed by atoms with Crippen LogP contribution in [0, 0.1) is 13.8 Å². The van der Waals surface area contributed by atoms with Crippen LogP contribution in [-0.2, 0) is 4.74 Å². The zero-order chi connectivity index (χ0) is 26.7.